The van der Waals surface area contributed by atoms with Crippen LogP contribution in [-0.4, -0.2) is 35.7 Å². The summed E-state index contributed by atoms with van der Waals surface area (Å²) in [6.45, 7) is 0. The van der Waals surface area contributed by atoms with E-state index >= 15 is 0 Å². The maximum atomic E-state index is 12.5. The zero-order valence-corrected chi connectivity index (χ0v) is 16.4. The summed E-state index contributed by atoms with van der Waals surface area (Å²) in [7, 11) is -3.46. The lowest BCUT2D eigenvalue weighted by molar-refractivity contribution is -0.384. The number of carbonyl (C=O) groups excluding carboxylic acids is 1. The number of hydrogen-bond donors (Lipinski definition) is 1. The Bertz CT molecular complexity index is 1210. The Kier molecular flexibility index (Phi) is 5.57. The second-order valence-electron chi connectivity index (χ2n) is 5.99. The van der Waals surface area contributed by atoms with Gasteiger partial charge in [-0.15, -0.1) is 10.2 Å². The van der Waals surface area contributed by atoms with Crippen LogP contribution >= 0.6 is 11.6 Å². The average Bonchev–Trinajstić information content (AvgIpc) is 2.67. The lowest BCUT2D eigenvalue weighted by Gasteiger charge is -2.08. The number of non-ortho nitro benzene ring substituents is 1. The van der Waals surface area contributed by atoms with Crippen LogP contribution in [0.25, 0.3) is 11.3 Å². The van der Waals surface area contributed by atoms with Gasteiger partial charge in [-0.2, -0.15) is 0 Å². The monoisotopic (exact) mass is 432 g/mol. The Labute approximate surface area is 170 Å². The zero-order valence-electron chi connectivity index (χ0n) is 14.9. The minimum atomic E-state index is -3.46. The number of aromatic nitrogens is 2. The van der Waals surface area contributed by atoms with Gasteiger partial charge in [0.15, 0.2) is 14.9 Å². The molecule has 1 heterocycles. The maximum absolute atomic E-state index is 12.5. The van der Waals surface area contributed by atoms with Gasteiger partial charge in [-0.05, 0) is 30.3 Å². The molecule has 3 aromatic rings. The van der Waals surface area contributed by atoms with Crippen molar-refractivity contribution in [2.75, 3.05) is 11.6 Å². The highest BCUT2D eigenvalue weighted by molar-refractivity contribution is 7.90. The fourth-order valence-corrected chi connectivity index (χ4v) is 3.14. The van der Waals surface area contributed by atoms with E-state index in [0.717, 1.165) is 12.3 Å². The first kappa shape index (κ1) is 20.4. The number of hydrogen-bond acceptors (Lipinski definition) is 7. The molecule has 0 atom stereocenters. The molecule has 29 heavy (non-hydrogen) atoms. The number of nitro benzene ring substituents is 1. The highest BCUT2D eigenvalue weighted by Gasteiger charge is 2.16. The third kappa shape index (κ3) is 4.73. The number of amides is 1. The van der Waals surface area contributed by atoms with E-state index in [1.54, 1.807) is 24.3 Å². The van der Waals surface area contributed by atoms with Crippen molar-refractivity contribution in [1.82, 2.24) is 10.2 Å². The molecule has 0 aliphatic carbocycles. The Morgan fingerprint density at radius 1 is 1.10 bits per heavy atom. The maximum Gasteiger partial charge on any atom is 0.270 e. The molecule has 1 amide bonds. The molecular weight excluding hydrogens is 420 g/mol. The summed E-state index contributed by atoms with van der Waals surface area (Å²) < 4.78 is 23.0. The molecule has 0 saturated carbocycles. The molecule has 148 valence electrons. The van der Waals surface area contributed by atoms with Crippen LogP contribution in [0.4, 0.5) is 11.4 Å². The van der Waals surface area contributed by atoms with Gasteiger partial charge in [0.25, 0.3) is 11.6 Å². The van der Waals surface area contributed by atoms with E-state index in [1.807, 2.05) is 0 Å². The fourth-order valence-electron chi connectivity index (χ4n) is 2.43. The first-order valence-corrected chi connectivity index (χ1v) is 10.3. The summed E-state index contributed by atoms with van der Waals surface area (Å²) in [5, 5.41) is 21.1. The number of nitro groups is 1. The highest BCUT2D eigenvalue weighted by atomic mass is 35.5. The lowest BCUT2D eigenvalue weighted by Crippen LogP contribution is -2.13. The molecule has 0 unspecified atom stereocenters. The van der Waals surface area contributed by atoms with Crippen molar-refractivity contribution in [3.8, 4) is 11.3 Å². The Morgan fingerprint density at radius 3 is 2.48 bits per heavy atom. The van der Waals surface area contributed by atoms with Crippen LogP contribution < -0.4 is 5.32 Å². The van der Waals surface area contributed by atoms with Crippen LogP contribution in [0.5, 0.6) is 0 Å². The van der Waals surface area contributed by atoms with Gasteiger partial charge in [0.2, 0.25) is 0 Å². The first-order valence-electron chi connectivity index (χ1n) is 8.04. The number of anilines is 1. The summed E-state index contributed by atoms with van der Waals surface area (Å²) >= 11 is 5.99. The second kappa shape index (κ2) is 7.94. The van der Waals surface area contributed by atoms with Crippen molar-refractivity contribution < 1.29 is 18.1 Å². The largest absolute Gasteiger partial charge is 0.322 e. The van der Waals surface area contributed by atoms with Crippen LogP contribution in [0.3, 0.4) is 0 Å². The predicted molar refractivity (Wildman–Crippen MR) is 107 cm³/mol. The highest BCUT2D eigenvalue weighted by Crippen LogP contribution is 2.25. The van der Waals surface area contributed by atoms with Crippen molar-refractivity contribution in [3.63, 3.8) is 0 Å². The van der Waals surface area contributed by atoms with Crippen molar-refractivity contribution in [1.29, 1.82) is 0 Å². The Balaban J connectivity index is 1.86. The number of benzene rings is 2. The molecule has 0 bridgehead atoms. The Hall–Kier alpha value is -3.37. The van der Waals surface area contributed by atoms with E-state index in [0.29, 0.717) is 16.9 Å². The molecule has 11 heteroatoms. The summed E-state index contributed by atoms with van der Waals surface area (Å²) in [6, 6.07) is 13.0. The molecular formula is C18H13ClN4O5S. The van der Waals surface area contributed by atoms with E-state index in [-0.39, 0.29) is 21.3 Å². The minimum Gasteiger partial charge on any atom is -0.322 e. The number of rotatable bonds is 5. The smallest absolute Gasteiger partial charge is 0.270 e. The van der Waals surface area contributed by atoms with Crippen LogP contribution in [0.15, 0.2) is 59.6 Å². The molecule has 0 fully saturated rings. The SMILES string of the molecule is CS(=O)(=O)c1ccc(-c2cccc(NC(=O)c3cc([N+](=O)[O-])ccc3Cl)c2)nn1. The standard InChI is InChI=1S/C18H13ClN4O5S/c1-29(27,28)17-8-7-16(21-22-17)11-3-2-4-12(9-11)20-18(24)14-10-13(23(25)26)5-6-15(14)19/h2-10H,1H3,(H,20,24). The van der Waals surface area contributed by atoms with Gasteiger partial charge in [-0.1, -0.05) is 23.7 Å². The molecule has 3 rings (SSSR count). The molecule has 1 aromatic heterocycles. The van der Waals surface area contributed by atoms with Gasteiger partial charge in [0.05, 0.1) is 21.2 Å². The minimum absolute atomic E-state index is 0.0384. The van der Waals surface area contributed by atoms with E-state index < -0.39 is 20.7 Å². The first-order chi connectivity index (χ1) is 13.6. The number of halogens is 1. The fraction of sp³-hybridized carbons (Fsp3) is 0.0556. The van der Waals surface area contributed by atoms with Gasteiger partial charge in [0, 0.05) is 29.6 Å². The average molecular weight is 433 g/mol. The lowest BCUT2D eigenvalue weighted by atomic mass is 10.1. The molecule has 0 saturated heterocycles. The molecule has 0 aliphatic rings. The number of carbonyl (C=O) groups is 1. The van der Waals surface area contributed by atoms with E-state index in [9.17, 15) is 23.3 Å². The van der Waals surface area contributed by atoms with Gasteiger partial charge < -0.3 is 5.32 Å². The summed E-state index contributed by atoms with van der Waals surface area (Å²) in [5.41, 5.74) is 1.09. The van der Waals surface area contributed by atoms with Gasteiger partial charge in [-0.25, -0.2) is 8.42 Å². The van der Waals surface area contributed by atoms with Gasteiger partial charge in [-0.3, -0.25) is 14.9 Å². The quantitative estimate of drug-likeness (QED) is 0.482. The number of nitrogens with one attached hydrogen (secondary N) is 1. The topological polar surface area (TPSA) is 132 Å². The van der Waals surface area contributed by atoms with E-state index in [1.165, 1.54) is 24.3 Å². The second-order valence-corrected chi connectivity index (χ2v) is 8.35. The molecule has 9 nitrogen and oxygen atoms in total. The molecule has 0 spiro atoms. The third-order valence-corrected chi connectivity index (χ3v) is 5.15. The number of nitrogens with zero attached hydrogens (tertiary/aromatic N) is 3. The normalized spacial score (nSPS) is 11.1. The molecule has 0 radical (unpaired) electrons. The molecule has 0 aliphatic heterocycles. The van der Waals surface area contributed by atoms with Crippen LogP contribution in [0.1, 0.15) is 10.4 Å². The van der Waals surface area contributed by atoms with Crippen molar-refractivity contribution in [2.24, 2.45) is 0 Å². The summed E-state index contributed by atoms with van der Waals surface area (Å²) in [5.74, 6) is -0.616. The zero-order chi connectivity index (χ0) is 21.2. The van der Waals surface area contributed by atoms with Crippen LogP contribution in [0.2, 0.25) is 5.02 Å². The molecule has 2 aromatic carbocycles. The molecule has 1 N–H and O–H groups in total. The van der Waals surface area contributed by atoms with Gasteiger partial charge in [0.1, 0.15) is 0 Å². The summed E-state index contributed by atoms with van der Waals surface area (Å²) in [4.78, 5) is 22.8. The van der Waals surface area contributed by atoms with E-state index in [4.69, 9.17) is 11.6 Å². The van der Waals surface area contributed by atoms with Crippen molar-refractivity contribution in [2.45, 2.75) is 5.03 Å². The van der Waals surface area contributed by atoms with Crippen molar-refractivity contribution >= 4 is 38.7 Å². The third-order valence-electron chi connectivity index (χ3n) is 3.84. The van der Waals surface area contributed by atoms with Crippen molar-refractivity contribution in [3.05, 3.63) is 75.3 Å². The predicted octanol–water partition coefficient (Wildman–Crippen LogP) is 3.36. The summed E-state index contributed by atoms with van der Waals surface area (Å²) in [6.07, 6.45) is 1.03. The number of sulfone groups is 1. The Morgan fingerprint density at radius 2 is 1.86 bits per heavy atom. The van der Waals surface area contributed by atoms with E-state index in [2.05, 4.69) is 15.5 Å². The van der Waals surface area contributed by atoms with Crippen LogP contribution in [-0.2, 0) is 9.84 Å². The van der Waals surface area contributed by atoms with Gasteiger partial charge >= 0.3 is 0 Å². The van der Waals surface area contributed by atoms with Crippen LogP contribution in [0, 0.1) is 10.1 Å².